The predicted molar refractivity (Wildman–Crippen MR) is 118 cm³/mol. The number of halogens is 1. The van der Waals surface area contributed by atoms with Crippen LogP contribution in [0.1, 0.15) is 10.4 Å². The molecular weight excluding hydrogens is 422 g/mol. The minimum absolute atomic E-state index is 0.0883. The highest BCUT2D eigenvalue weighted by molar-refractivity contribution is 6.36. The lowest BCUT2D eigenvalue weighted by Crippen LogP contribution is -2.41. The number of H-pyrrole nitrogens is 1. The molecule has 0 saturated carbocycles. The normalized spacial score (nSPS) is 15.7. The second-order valence-corrected chi connectivity index (χ2v) is 7.62. The lowest BCUT2D eigenvalue weighted by Gasteiger charge is -2.29. The second kappa shape index (κ2) is 8.16. The molecule has 31 heavy (non-hydrogen) atoms. The molecule has 4 heterocycles. The van der Waals surface area contributed by atoms with Crippen molar-refractivity contribution < 1.29 is 19.0 Å². The number of aromatic nitrogens is 2. The van der Waals surface area contributed by atoms with Crippen LogP contribution < -0.4 is 20.1 Å². The maximum atomic E-state index is 13.1. The van der Waals surface area contributed by atoms with E-state index in [9.17, 15) is 4.79 Å². The van der Waals surface area contributed by atoms with Gasteiger partial charge in [-0.15, -0.1) is 0 Å². The van der Waals surface area contributed by atoms with Gasteiger partial charge in [-0.25, -0.2) is 4.98 Å². The van der Waals surface area contributed by atoms with Crippen molar-refractivity contribution >= 4 is 45.7 Å². The molecule has 2 aliphatic heterocycles. The van der Waals surface area contributed by atoms with Crippen LogP contribution in [0.3, 0.4) is 0 Å². The molecule has 9 nitrogen and oxygen atoms in total. The number of carbonyl (C=O) groups excluding carboxylic acids is 1. The van der Waals surface area contributed by atoms with Gasteiger partial charge in [-0.2, -0.15) is 0 Å². The number of fused-ring (bicyclic) bond motifs is 2. The van der Waals surface area contributed by atoms with Gasteiger partial charge in [0.25, 0.3) is 5.91 Å². The van der Waals surface area contributed by atoms with Crippen molar-refractivity contribution in [3.05, 3.63) is 35.0 Å². The van der Waals surface area contributed by atoms with Crippen molar-refractivity contribution in [3.63, 3.8) is 0 Å². The van der Waals surface area contributed by atoms with E-state index >= 15 is 0 Å². The van der Waals surface area contributed by atoms with Crippen LogP contribution in [0, 0.1) is 0 Å². The molecule has 1 aromatic carbocycles. The van der Waals surface area contributed by atoms with Crippen molar-refractivity contribution in [2.24, 2.45) is 0 Å². The fourth-order valence-electron chi connectivity index (χ4n) is 3.83. The van der Waals surface area contributed by atoms with Crippen molar-refractivity contribution in [2.75, 3.05) is 57.2 Å². The first-order valence-corrected chi connectivity index (χ1v) is 10.5. The Morgan fingerprint density at radius 1 is 1.13 bits per heavy atom. The monoisotopic (exact) mass is 443 g/mol. The summed E-state index contributed by atoms with van der Waals surface area (Å²) < 4.78 is 17.1. The highest BCUT2D eigenvalue weighted by Gasteiger charge is 2.28. The Morgan fingerprint density at radius 3 is 2.68 bits per heavy atom. The molecule has 162 valence electrons. The number of aromatic amines is 1. The molecule has 0 bridgehead atoms. The molecule has 10 heteroatoms. The highest BCUT2D eigenvalue weighted by atomic mass is 35.5. The zero-order valence-corrected chi connectivity index (χ0v) is 17.7. The van der Waals surface area contributed by atoms with Crippen LogP contribution in [0.15, 0.2) is 24.4 Å². The first-order chi connectivity index (χ1) is 15.2. The molecule has 0 atom stereocenters. The van der Waals surface area contributed by atoms with E-state index in [2.05, 4.69) is 20.6 Å². The van der Waals surface area contributed by atoms with Crippen LogP contribution >= 0.6 is 11.6 Å². The van der Waals surface area contributed by atoms with E-state index in [1.54, 1.807) is 17.2 Å². The smallest absolute Gasteiger partial charge is 0.257 e. The molecule has 2 aromatic heterocycles. The Kier molecular flexibility index (Phi) is 5.21. The topological polar surface area (TPSA) is 101 Å². The summed E-state index contributed by atoms with van der Waals surface area (Å²) in [6.45, 7) is 2.98. The summed E-state index contributed by atoms with van der Waals surface area (Å²) in [5.74, 6) is 1.46. The largest absolute Gasteiger partial charge is 0.485 e. The molecule has 0 unspecified atom stereocenters. The van der Waals surface area contributed by atoms with E-state index in [1.165, 1.54) is 0 Å². The molecule has 3 aromatic rings. The lowest BCUT2D eigenvalue weighted by atomic mass is 10.1. The summed E-state index contributed by atoms with van der Waals surface area (Å²) in [6, 6.07) is 5.44. The standard InChI is InChI=1S/C21H22ClN5O4/c1-23-15-10-16(26-20-17(15)13(22)11-24-20)25-14-3-2-12(18-19(14)31-9-8-30-18)21(28)27-4-6-29-7-5-27/h2-3,10-11H,4-9H2,1H3,(H3,23,24,25,26). The van der Waals surface area contributed by atoms with E-state index in [-0.39, 0.29) is 5.91 Å². The van der Waals surface area contributed by atoms with Gasteiger partial charge in [-0.3, -0.25) is 4.79 Å². The SMILES string of the molecule is CNc1cc(Nc2ccc(C(=O)N3CCOCC3)c3c2OCCO3)nc2[nH]cc(Cl)c12. The Bertz CT molecular complexity index is 1140. The van der Waals surface area contributed by atoms with Crippen molar-refractivity contribution in [1.29, 1.82) is 0 Å². The van der Waals surface area contributed by atoms with Crippen molar-refractivity contribution in [1.82, 2.24) is 14.9 Å². The summed E-state index contributed by atoms with van der Waals surface area (Å²) in [5.41, 5.74) is 2.64. The zero-order valence-electron chi connectivity index (χ0n) is 17.0. The van der Waals surface area contributed by atoms with Gasteiger partial charge in [-0.1, -0.05) is 11.6 Å². The second-order valence-electron chi connectivity index (χ2n) is 7.21. The minimum atomic E-state index is -0.0883. The van der Waals surface area contributed by atoms with Gasteiger partial charge in [0.1, 0.15) is 24.7 Å². The number of nitrogens with zero attached hydrogens (tertiary/aromatic N) is 2. The van der Waals surface area contributed by atoms with E-state index in [0.717, 1.165) is 11.1 Å². The highest BCUT2D eigenvalue weighted by Crippen LogP contribution is 2.42. The van der Waals surface area contributed by atoms with E-state index in [0.29, 0.717) is 78.8 Å². The number of morpholine rings is 1. The van der Waals surface area contributed by atoms with Gasteiger partial charge in [0.15, 0.2) is 11.5 Å². The third kappa shape index (κ3) is 3.60. The molecule has 2 aliphatic rings. The average Bonchev–Trinajstić information content (AvgIpc) is 3.19. The van der Waals surface area contributed by atoms with Crippen LogP contribution in [0.5, 0.6) is 11.5 Å². The third-order valence-corrected chi connectivity index (χ3v) is 5.64. The first-order valence-electron chi connectivity index (χ1n) is 10.1. The number of hydrogen-bond donors (Lipinski definition) is 3. The average molecular weight is 444 g/mol. The molecular formula is C21H22ClN5O4. The van der Waals surface area contributed by atoms with Gasteiger partial charge in [-0.05, 0) is 12.1 Å². The molecule has 0 aliphatic carbocycles. The third-order valence-electron chi connectivity index (χ3n) is 5.34. The summed E-state index contributed by atoms with van der Waals surface area (Å²) in [5, 5.41) is 7.85. The summed E-state index contributed by atoms with van der Waals surface area (Å²) in [6.07, 6.45) is 1.70. The Morgan fingerprint density at radius 2 is 1.90 bits per heavy atom. The van der Waals surface area contributed by atoms with Crippen LogP contribution in [0.4, 0.5) is 17.2 Å². The minimum Gasteiger partial charge on any atom is -0.485 e. The predicted octanol–water partition coefficient (Wildman–Crippen LogP) is 3.25. The molecule has 5 rings (SSSR count). The first kappa shape index (κ1) is 19.8. The number of anilines is 3. The van der Waals surface area contributed by atoms with Gasteiger partial charge >= 0.3 is 0 Å². The van der Waals surface area contributed by atoms with Gasteiger partial charge < -0.3 is 34.7 Å². The number of nitrogens with one attached hydrogen (secondary N) is 3. The van der Waals surface area contributed by atoms with Crippen LogP contribution in [0.2, 0.25) is 5.02 Å². The quantitative estimate of drug-likeness (QED) is 0.569. The molecule has 1 saturated heterocycles. The number of pyridine rings is 1. The molecule has 0 radical (unpaired) electrons. The van der Waals surface area contributed by atoms with E-state index in [1.807, 2.05) is 19.2 Å². The number of ether oxygens (including phenoxy) is 3. The van der Waals surface area contributed by atoms with Crippen LogP contribution in [-0.4, -0.2) is 67.3 Å². The van der Waals surface area contributed by atoms with Crippen LogP contribution in [0.25, 0.3) is 11.0 Å². The number of benzene rings is 1. The van der Waals surface area contributed by atoms with Crippen LogP contribution in [-0.2, 0) is 4.74 Å². The van der Waals surface area contributed by atoms with Crippen molar-refractivity contribution in [3.8, 4) is 11.5 Å². The Labute approximate surface area is 183 Å². The van der Waals surface area contributed by atoms with E-state index < -0.39 is 0 Å². The van der Waals surface area contributed by atoms with Gasteiger partial charge in [0.2, 0.25) is 0 Å². The zero-order chi connectivity index (χ0) is 21.4. The Balaban J connectivity index is 1.50. The number of carbonyl (C=O) groups is 1. The summed E-state index contributed by atoms with van der Waals surface area (Å²) in [7, 11) is 1.83. The fraction of sp³-hybridized carbons (Fsp3) is 0.333. The molecule has 1 fully saturated rings. The van der Waals surface area contributed by atoms with Gasteiger partial charge in [0.05, 0.1) is 40.6 Å². The van der Waals surface area contributed by atoms with E-state index in [4.69, 9.17) is 25.8 Å². The molecule has 3 N–H and O–H groups in total. The molecule has 0 spiro atoms. The summed E-state index contributed by atoms with van der Waals surface area (Å²) in [4.78, 5) is 22.5. The van der Waals surface area contributed by atoms with Gasteiger partial charge in [0, 0.05) is 32.4 Å². The number of rotatable bonds is 4. The summed E-state index contributed by atoms with van der Waals surface area (Å²) >= 11 is 6.26. The number of hydrogen-bond acceptors (Lipinski definition) is 7. The number of amides is 1. The maximum Gasteiger partial charge on any atom is 0.257 e. The Hall–Kier alpha value is -3.17. The van der Waals surface area contributed by atoms with Crippen molar-refractivity contribution in [2.45, 2.75) is 0 Å². The lowest BCUT2D eigenvalue weighted by molar-refractivity contribution is 0.0298. The maximum absolute atomic E-state index is 13.1. The fourth-order valence-corrected chi connectivity index (χ4v) is 4.08. The molecule has 1 amide bonds.